The summed E-state index contributed by atoms with van der Waals surface area (Å²) in [5.74, 6) is 0.605. The molecule has 186 valence electrons. The van der Waals surface area contributed by atoms with Crippen molar-refractivity contribution < 1.29 is 14.3 Å². The number of para-hydroxylation sites is 1. The minimum absolute atomic E-state index is 0.0236. The molecule has 8 nitrogen and oxygen atoms in total. The highest BCUT2D eigenvalue weighted by molar-refractivity contribution is 5.95. The molecule has 0 fully saturated rings. The van der Waals surface area contributed by atoms with Crippen LogP contribution in [0.25, 0.3) is 22.0 Å². The Hall–Kier alpha value is -4.33. The topological polar surface area (TPSA) is 126 Å². The van der Waals surface area contributed by atoms with Crippen molar-refractivity contribution in [2.45, 2.75) is 38.8 Å². The molecule has 36 heavy (non-hydrogen) atoms. The third-order valence-electron chi connectivity index (χ3n) is 5.56. The fourth-order valence-corrected chi connectivity index (χ4v) is 3.89. The van der Waals surface area contributed by atoms with E-state index < -0.39 is 11.7 Å². The molecule has 0 aliphatic rings. The van der Waals surface area contributed by atoms with Crippen LogP contribution in [0, 0.1) is 5.41 Å². The molecule has 1 atom stereocenters. The maximum Gasteiger partial charge on any atom is 0.408 e. The van der Waals surface area contributed by atoms with Crippen molar-refractivity contribution in [3.8, 4) is 16.9 Å². The van der Waals surface area contributed by atoms with Crippen LogP contribution < -0.4 is 15.8 Å². The maximum atomic E-state index is 12.6. The average Bonchev–Trinajstić information content (AvgIpc) is 3.24. The van der Waals surface area contributed by atoms with Crippen LogP contribution in [-0.4, -0.2) is 40.1 Å². The van der Waals surface area contributed by atoms with E-state index in [2.05, 4.69) is 21.4 Å². The van der Waals surface area contributed by atoms with Gasteiger partial charge in [-0.3, -0.25) is 10.4 Å². The number of rotatable bonds is 8. The third kappa shape index (κ3) is 6.41. The number of amidine groups is 1. The number of aromatic amines is 1. The lowest BCUT2D eigenvalue weighted by Gasteiger charge is -2.24. The standard InChI is InChI=1S/C28H31N5O3/c1-28(2,3)36-27(34)33-22(12-21-15-32-25-7-5-4-6-24(21)25)17-35-23-13-20(14-31-16-23)18-8-10-19(11-9-18)26(29)30/h4-11,13-16,22,32H,12,17H2,1-3H3,(H3,29,30)(H,33,34)/t22-/m0/s1. The third-order valence-corrected chi connectivity index (χ3v) is 5.56. The largest absolute Gasteiger partial charge is 0.490 e. The van der Waals surface area contributed by atoms with Gasteiger partial charge in [0.1, 0.15) is 23.8 Å². The van der Waals surface area contributed by atoms with E-state index in [4.69, 9.17) is 20.6 Å². The Morgan fingerprint density at radius 2 is 1.86 bits per heavy atom. The van der Waals surface area contributed by atoms with E-state index in [-0.39, 0.29) is 18.5 Å². The van der Waals surface area contributed by atoms with Gasteiger partial charge in [0, 0.05) is 34.4 Å². The van der Waals surface area contributed by atoms with Gasteiger partial charge in [-0.15, -0.1) is 0 Å². The van der Waals surface area contributed by atoms with Crippen molar-refractivity contribution in [1.82, 2.24) is 15.3 Å². The van der Waals surface area contributed by atoms with Crippen LogP contribution in [0.2, 0.25) is 0 Å². The number of nitrogens with two attached hydrogens (primary N) is 1. The van der Waals surface area contributed by atoms with Gasteiger partial charge in [-0.2, -0.15) is 0 Å². The maximum absolute atomic E-state index is 12.6. The van der Waals surface area contributed by atoms with Crippen LogP contribution in [0.1, 0.15) is 31.9 Å². The molecule has 2 heterocycles. The van der Waals surface area contributed by atoms with Gasteiger partial charge >= 0.3 is 6.09 Å². The van der Waals surface area contributed by atoms with Gasteiger partial charge < -0.3 is 25.5 Å². The number of benzene rings is 2. The Kier molecular flexibility index (Phi) is 7.24. The number of carbonyl (C=O) groups excluding carboxylic acids is 1. The SMILES string of the molecule is CC(C)(C)OC(=O)N[C@H](COc1cncc(-c2ccc(C(=N)N)cc2)c1)Cc1c[nH]c2ccccc12. The lowest BCUT2D eigenvalue weighted by atomic mass is 10.0. The molecule has 0 bridgehead atoms. The minimum Gasteiger partial charge on any atom is -0.490 e. The highest BCUT2D eigenvalue weighted by atomic mass is 16.6. The zero-order valence-corrected chi connectivity index (χ0v) is 20.7. The summed E-state index contributed by atoms with van der Waals surface area (Å²) in [6, 6.07) is 17.0. The molecule has 0 saturated heterocycles. The van der Waals surface area contributed by atoms with Gasteiger partial charge in [-0.25, -0.2) is 4.79 Å². The van der Waals surface area contributed by atoms with Crippen molar-refractivity contribution in [2.75, 3.05) is 6.61 Å². The summed E-state index contributed by atoms with van der Waals surface area (Å²) in [4.78, 5) is 20.1. The van der Waals surface area contributed by atoms with Gasteiger partial charge in [0.15, 0.2) is 0 Å². The summed E-state index contributed by atoms with van der Waals surface area (Å²) in [6.07, 6.45) is 5.42. The van der Waals surface area contributed by atoms with E-state index in [1.807, 2.05) is 63.4 Å². The fourth-order valence-electron chi connectivity index (χ4n) is 3.89. The Morgan fingerprint density at radius 1 is 1.11 bits per heavy atom. The highest BCUT2D eigenvalue weighted by Crippen LogP contribution is 2.24. The average molecular weight is 486 g/mol. The summed E-state index contributed by atoms with van der Waals surface area (Å²) < 4.78 is 11.6. The van der Waals surface area contributed by atoms with E-state index in [1.54, 1.807) is 24.5 Å². The van der Waals surface area contributed by atoms with E-state index in [0.717, 1.165) is 27.6 Å². The van der Waals surface area contributed by atoms with E-state index in [1.165, 1.54) is 0 Å². The van der Waals surface area contributed by atoms with Crippen LogP contribution in [0.5, 0.6) is 5.75 Å². The molecule has 2 aromatic carbocycles. The molecule has 0 aliphatic heterocycles. The van der Waals surface area contributed by atoms with Gasteiger partial charge in [-0.1, -0.05) is 42.5 Å². The number of alkyl carbamates (subject to hydrolysis) is 1. The lowest BCUT2D eigenvalue weighted by molar-refractivity contribution is 0.0488. The molecular weight excluding hydrogens is 454 g/mol. The number of amides is 1. The van der Waals surface area contributed by atoms with Gasteiger partial charge in [-0.05, 0) is 50.5 Å². The molecule has 4 aromatic rings. The lowest BCUT2D eigenvalue weighted by Crippen LogP contribution is -2.43. The van der Waals surface area contributed by atoms with Crippen molar-refractivity contribution in [2.24, 2.45) is 5.73 Å². The molecule has 1 amide bonds. The molecule has 0 unspecified atom stereocenters. The van der Waals surface area contributed by atoms with E-state index >= 15 is 0 Å². The van der Waals surface area contributed by atoms with Gasteiger partial charge in [0.25, 0.3) is 0 Å². The van der Waals surface area contributed by atoms with Crippen molar-refractivity contribution >= 4 is 22.8 Å². The second-order valence-electron chi connectivity index (χ2n) is 9.62. The predicted octanol–water partition coefficient (Wildman–Crippen LogP) is 5.03. The quantitative estimate of drug-likeness (QED) is 0.206. The Bertz CT molecular complexity index is 1360. The number of aromatic nitrogens is 2. The molecular formula is C28H31N5O3. The molecule has 2 aromatic heterocycles. The van der Waals surface area contributed by atoms with Crippen LogP contribution in [-0.2, 0) is 11.2 Å². The number of ether oxygens (including phenoxy) is 2. The molecule has 0 radical (unpaired) electrons. The van der Waals surface area contributed by atoms with Crippen LogP contribution in [0.3, 0.4) is 0 Å². The first-order valence-corrected chi connectivity index (χ1v) is 11.7. The van der Waals surface area contributed by atoms with Crippen molar-refractivity contribution in [3.63, 3.8) is 0 Å². The van der Waals surface area contributed by atoms with Crippen LogP contribution >= 0.6 is 0 Å². The molecule has 4 rings (SSSR count). The number of H-pyrrole nitrogens is 1. The monoisotopic (exact) mass is 485 g/mol. The number of nitrogens with one attached hydrogen (secondary N) is 3. The number of hydrogen-bond donors (Lipinski definition) is 4. The summed E-state index contributed by atoms with van der Waals surface area (Å²) in [5, 5.41) is 11.6. The zero-order chi connectivity index (χ0) is 25.7. The summed E-state index contributed by atoms with van der Waals surface area (Å²) in [6.45, 7) is 5.72. The van der Waals surface area contributed by atoms with E-state index in [9.17, 15) is 4.79 Å². The Labute approximate surface area is 210 Å². The number of fused-ring (bicyclic) bond motifs is 1. The van der Waals surface area contributed by atoms with Gasteiger partial charge in [0.2, 0.25) is 0 Å². The van der Waals surface area contributed by atoms with Crippen LogP contribution in [0.4, 0.5) is 4.79 Å². The molecule has 0 saturated carbocycles. The number of nitrogens with zero attached hydrogens (tertiary/aromatic N) is 1. The number of pyridine rings is 1. The first kappa shape index (κ1) is 24.8. The number of carbonyl (C=O) groups is 1. The normalized spacial score (nSPS) is 12.2. The smallest absolute Gasteiger partial charge is 0.408 e. The Morgan fingerprint density at radius 3 is 2.58 bits per heavy atom. The molecule has 8 heteroatoms. The first-order valence-electron chi connectivity index (χ1n) is 11.7. The first-order chi connectivity index (χ1) is 17.2. The minimum atomic E-state index is -0.605. The number of nitrogen functional groups attached to an aromatic ring is 1. The summed E-state index contributed by atoms with van der Waals surface area (Å²) >= 11 is 0. The summed E-state index contributed by atoms with van der Waals surface area (Å²) in [7, 11) is 0. The zero-order valence-electron chi connectivity index (χ0n) is 20.7. The second kappa shape index (κ2) is 10.5. The van der Waals surface area contributed by atoms with Crippen molar-refractivity contribution in [3.05, 3.63) is 84.3 Å². The summed E-state index contributed by atoms with van der Waals surface area (Å²) in [5.41, 5.74) is 9.52. The highest BCUT2D eigenvalue weighted by Gasteiger charge is 2.21. The second-order valence-corrected chi connectivity index (χ2v) is 9.62. The molecule has 5 N–H and O–H groups in total. The van der Waals surface area contributed by atoms with Crippen molar-refractivity contribution in [1.29, 1.82) is 5.41 Å². The predicted molar refractivity (Wildman–Crippen MR) is 141 cm³/mol. The van der Waals surface area contributed by atoms with Crippen LogP contribution in [0.15, 0.2) is 73.2 Å². The fraction of sp³-hybridized carbons (Fsp3) is 0.250. The van der Waals surface area contributed by atoms with E-state index in [0.29, 0.717) is 17.7 Å². The van der Waals surface area contributed by atoms with Gasteiger partial charge in [0.05, 0.1) is 12.2 Å². The molecule has 0 spiro atoms. The molecule has 0 aliphatic carbocycles. The Balaban J connectivity index is 1.50. The number of hydrogen-bond acceptors (Lipinski definition) is 5.